The highest BCUT2D eigenvalue weighted by Gasteiger charge is 2.24. The molecule has 1 amide bonds. The Labute approximate surface area is 90.6 Å². The molecule has 2 N–H and O–H groups in total. The molecule has 5 nitrogen and oxygen atoms in total. The van der Waals surface area contributed by atoms with Gasteiger partial charge in [-0.15, -0.1) is 0 Å². The maximum Gasteiger partial charge on any atom is 0.328 e. The molecule has 0 aliphatic rings. The van der Waals surface area contributed by atoms with E-state index in [2.05, 4.69) is 15.4 Å². The van der Waals surface area contributed by atoms with Gasteiger partial charge in [0.15, 0.2) is 0 Å². The molecule has 0 aliphatic carbocycles. The molecule has 1 atom stereocenters. The second-order valence-electron chi connectivity index (χ2n) is 3.67. The van der Waals surface area contributed by atoms with Gasteiger partial charge in [0.05, 0.1) is 7.11 Å². The van der Waals surface area contributed by atoms with Crippen molar-refractivity contribution < 1.29 is 14.3 Å². The highest BCUT2D eigenvalue weighted by atomic mass is 16.5. The van der Waals surface area contributed by atoms with Crippen LogP contribution < -0.4 is 10.6 Å². The van der Waals surface area contributed by atoms with Gasteiger partial charge in [0.2, 0.25) is 5.91 Å². The minimum Gasteiger partial charge on any atom is -0.467 e. The third-order valence-electron chi connectivity index (χ3n) is 2.04. The summed E-state index contributed by atoms with van der Waals surface area (Å²) in [4.78, 5) is 22.7. The number of nitrogens with one attached hydrogen (secondary N) is 2. The highest BCUT2D eigenvalue weighted by Crippen LogP contribution is 2.03. The lowest BCUT2D eigenvalue weighted by molar-refractivity contribution is -0.146. The summed E-state index contributed by atoms with van der Waals surface area (Å²) in [7, 11) is 3.09. The molecule has 0 bridgehead atoms. The summed E-state index contributed by atoms with van der Waals surface area (Å²) in [6.07, 6.45) is 0.358. The molecule has 5 heteroatoms. The van der Waals surface area contributed by atoms with Crippen LogP contribution in [0.25, 0.3) is 0 Å². The number of carbonyl (C=O) groups excluding carboxylic acids is 2. The van der Waals surface area contributed by atoms with Crippen LogP contribution in [-0.2, 0) is 14.3 Å². The van der Waals surface area contributed by atoms with Gasteiger partial charge in [-0.25, -0.2) is 4.79 Å². The third kappa shape index (κ3) is 5.37. The molecular formula is C10H20N2O3. The Morgan fingerprint density at radius 3 is 2.33 bits per heavy atom. The summed E-state index contributed by atoms with van der Waals surface area (Å²) in [5.74, 6) is -0.521. The Hall–Kier alpha value is -1.10. The van der Waals surface area contributed by atoms with E-state index in [0.29, 0.717) is 13.0 Å². The number of esters is 1. The van der Waals surface area contributed by atoms with Crippen molar-refractivity contribution in [1.29, 1.82) is 0 Å². The van der Waals surface area contributed by atoms with E-state index in [0.717, 1.165) is 0 Å². The zero-order chi connectivity index (χ0) is 11.8. The van der Waals surface area contributed by atoms with Gasteiger partial charge >= 0.3 is 5.97 Å². The van der Waals surface area contributed by atoms with E-state index in [-0.39, 0.29) is 11.8 Å². The first-order valence-corrected chi connectivity index (χ1v) is 5.04. The summed E-state index contributed by atoms with van der Waals surface area (Å²) in [5.41, 5.74) is 0. The first-order chi connectivity index (χ1) is 7.02. The van der Waals surface area contributed by atoms with E-state index in [9.17, 15) is 9.59 Å². The van der Waals surface area contributed by atoms with Gasteiger partial charge in [0.1, 0.15) is 6.04 Å². The van der Waals surface area contributed by atoms with Crippen LogP contribution in [0, 0.1) is 5.92 Å². The van der Waals surface area contributed by atoms with Gasteiger partial charge in [-0.3, -0.25) is 4.79 Å². The first kappa shape index (κ1) is 13.9. The number of methoxy groups -OCH3 is 1. The van der Waals surface area contributed by atoms with E-state index >= 15 is 0 Å². The van der Waals surface area contributed by atoms with Crippen molar-refractivity contribution in [3.05, 3.63) is 0 Å². The molecule has 1 unspecified atom stereocenters. The average Bonchev–Trinajstić information content (AvgIpc) is 2.21. The van der Waals surface area contributed by atoms with Crippen LogP contribution in [0.5, 0.6) is 0 Å². The Morgan fingerprint density at radius 2 is 1.93 bits per heavy atom. The van der Waals surface area contributed by atoms with Crippen molar-refractivity contribution in [3.63, 3.8) is 0 Å². The Balaban J connectivity index is 4.17. The van der Waals surface area contributed by atoms with Crippen molar-refractivity contribution in [3.8, 4) is 0 Å². The molecule has 15 heavy (non-hydrogen) atoms. The lowest BCUT2D eigenvalue weighted by Crippen LogP contribution is -2.45. The van der Waals surface area contributed by atoms with Gasteiger partial charge in [-0.2, -0.15) is 0 Å². The Bertz CT molecular complexity index is 217. The molecule has 88 valence electrons. The van der Waals surface area contributed by atoms with E-state index < -0.39 is 12.0 Å². The van der Waals surface area contributed by atoms with Crippen LogP contribution in [0.1, 0.15) is 20.3 Å². The summed E-state index contributed by atoms with van der Waals surface area (Å²) in [6, 6.07) is -0.556. The third-order valence-corrected chi connectivity index (χ3v) is 2.04. The lowest BCUT2D eigenvalue weighted by atomic mass is 10.0. The van der Waals surface area contributed by atoms with E-state index in [1.165, 1.54) is 7.11 Å². The summed E-state index contributed by atoms with van der Waals surface area (Å²) in [5, 5.41) is 5.52. The predicted molar refractivity (Wildman–Crippen MR) is 57.3 cm³/mol. The number of hydrogen-bond donors (Lipinski definition) is 2. The van der Waals surface area contributed by atoms with Crippen molar-refractivity contribution in [2.75, 3.05) is 20.7 Å². The van der Waals surface area contributed by atoms with Crippen LogP contribution in [0.3, 0.4) is 0 Å². The smallest absolute Gasteiger partial charge is 0.328 e. The van der Waals surface area contributed by atoms with Crippen LogP contribution in [0.4, 0.5) is 0 Å². The second-order valence-corrected chi connectivity index (χ2v) is 3.67. The molecule has 0 aromatic rings. The molecule has 0 fully saturated rings. The standard InChI is InChI=1S/C10H20N2O3/c1-7(2)9(10(14)15-4)12-8(13)5-6-11-3/h7,9,11H,5-6H2,1-4H3,(H,12,13). The van der Waals surface area contributed by atoms with E-state index in [1.807, 2.05) is 13.8 Å². The maximum absolute atomic E-state index is 11.4. The van der Waals surface area contributed by atoms with Crippen molar-refractivity contribution in [2.24, 2.45) is 5.92 Å². The lowest BCUT2D eigenvalue weighted by Gasteiger charge is -2.19. The SMILES string of the molecule is CNCCC(=O)NC(C(=O)OC)C(C)C. The predicted octanol–water partition coefficient (Wildman–Crippen LogP) is -0.0903. The zero-order valence-corrected chi connectivity index (χ0v) is 9.79. The number of rotatable bonds is 6. The van der Waals surface area contributed by atoms with Gasteiger partial charge in [0.25, 0.3) is 0 Å². The average molecular weight is 216 g/mol. The number of carbonyl (C=O) groups is 2. The monoisotopic (exact) mass is 216 g/mol. The van der Waals surface area contributed by atoms with Gasteiger partial charge in [-0.05, 0) is 13.0 Å². The van der Waals surface area contributed by atoms with Gasteiger partial charge in [-0.1, -0.05) is 13.8 Å². The Kier molecular flexibility index (Phi) is 6.70. The fourth-order valence-electron chi connectivity index (χ4n) is 1.11. The second kappa shape index (κ2) is 7.23. The van der Waals surface area contributed by atoms with Gasteiger partial charge in [0, 0.05) is 13.0 Å². The van der Waals surface area contributed by atoms with Gasteiger partial charge < -0.3 is 15.4 Å². The minimum absolute atomic E-state index is 0.0241. The van der Waals surface area contributed by atoms with Crippen LogP contribution >= 0.6 is 0 Å². The van der Waals surface area contributed by atoms with Crippen molar-refractivity contribution in [1.82, 2.24) is 10.6 Å². The highest BCUT2D eigenvalue weighted by molar-refractivity contribution is 5.84. The minimum atomic E-state index is -0.556. The van der Waals surface area contributed by atoms with Crippen LogP contribution in [-0.4, -0.2) is 38.6 Å². The zero-order valence-electron chi connectivity index (χ0n) is 9.79. The largest absolute Gasteiger partial charge is 0.467 e. The van der Waals surface area contributed by atoms with Crippen molar-refractivity contribution in [2.45, 2.75) is 26.3 Å². The molecular weight excluding hydrogens is 196 g/mol. The molecule has 0 spiro atoms. The quantitative estimate of drug-likeness (QED) is 0.609. The van der Waals surface area contributed by atoms with E-state index in [4.69, 9.17) is 0 Å². The topological polar surface area (TPSA) is 67.4 Å². The molecule has 0 aromatic carbocycles. The fraction of sp³-hybridized carbons (Fsp3) is 0.800. The van der Waals surface area contributed by atoms with E-state index in [1.54, 1.807) is 7.05 Å². The summed E-state index contributed by atoms with van der Waals surface area (Å²) >= 11 is 0. The molecule has 0 saturated heterocycles. The number of hydrogen-bond acceptors (Lipinski definition) is 4. The summed E-state index contributed by atoms with van der Waals surface area (Å²) in [6.45, 7) is 4.32. The number of ether oxygens (including phenoxy) is 1. The molecule has 0 saturated carbocycles. The summed E-state index contributed by atoms with van der Waals surface area (Å²) < 4.78 is 4.61. The van der Waals surface area contributed by atoms with Crippen LogP contribution in [0.2, 0.25) is 0 Å². The fourth-order valence-corrected chi connectivity index (χ4v) is 1.11. The maximum atomic E-state index is 11.4. The molecule has 0 aromatic heterocycles. The molecule has 0 radical (unpaired) electrons. The number of amides is 1. The van der Waals surface area contributed by atoms with Crippen molar-refractivity contribution >= 4 is 11.9 Å². The Morgan fingerprint density at radius 1 is 1.33 bits per heavy atom. The normalized spacial score (nSPS) is 12.3. The molecule has 0 heterocycles. The molecule has 0 aliphatic heterocycles. The van der Waals surface area contributed by atoms with Crippen LogP contribution in [0.15, 0.2) is 0 Å². The molecule has 0 rings (SSSR count). The first-order valence-electron chi connectivity index (χ1n) is 5.04.